The van der Waals surface area contributed by atoms with Crippen molar-refractivity contribution in [2.24, 2.45) is 22.9 Å². The maximum Gasteiger partial charge on any atom is 0.254 e. The second kappa shape index (κ2) is 22.1. The molecule has 6 atom stereocenters. The van der Waals surface area contributed by atoms with Crippen LogP contribution in [0.4, 0.5) is 0 Å². The highest BCUT2D eigenvalue weighted by Gasteiger charge is 2.39. The summed E-state index contributed by atoms with van der Waals surface area (Å²) in [4.78, 5) is 135. The van der Waals surface area contributed by atoms with Crippen LogP contribution in [0.2, 0.25) is 0 Å². The van der Waals surface area contributed by atoms with Gasteiger partial charge in [-0.2, -0.15) is 0 Å². The molecule has 0 fully saturated rings. The molecule has 4 bridgehead atoms. The Balaban J connectivity index is 1.57. The number of carbonyl (C=O) groups is 10. The van der Waals surface area contributed by atoms with E-state index in [1.807, 2.05) is 0 Å². The number of nitrogens with one attached hydrogen (secondary N) is 6. The highest BCUT2D eigenvalue weighted by atomic mass is 16.3. The van der Waals surface area contributed by atoms with Gasteiger partial charge in [0.2, 0.25) is 0 Å². The number of fused-ring (bicyclic) bond motifs is 8. The van der Waals surface area contributed by atoms with Crippen molar-refractivity contribution >= 4 is 58.6 Å². The van der Waals surface area contributed by atoms with E-state index >= 15 is 0 Å². The second-order valence-corrected chi connectivity index (χ2v) is 14.2. The Labute approximate surface area is 371 Å². The van der Waals surface area contributed by atoms with Crippen LogP contribution in [0.5, 0.6) is 0 Å². The Kier molecular flexibility index (Phi) is 16.4. The maximum atomic E-state index is 13.8. The molecular weight excluding hydrogens is 873 g/mol. The molecule has 0 unspecified atom stereocenters. The van der Waals surface area contributed by atoms with E-state index in [0.29, 0.717) is 0 Å². The molecular formula is C38H44N16O12. The Morgan fingerprint density at radius 3 is 1.29 bits per heavy atom. The molecule has 28 nitrogen and oxygen atoms in total. The number of aliphatic hydroxyl groups excluding tert-OH is 2. The summed E-state index contributed by atoms with van der Waals surface area (Å²) in [6.45, 7) is -4.45. The topological polar surface area (TPSA) is 449 Å². The first-order valence-electron chi connectivity index (χ1n) is 19.6. The van der Waals surface area contributed by atoms with Gasteiger partial charge in [-0.25, -0.2) is 9.36 Å². The number of ketones is 4. The van der Waals surface area contributed by atoms with Gasteiger partial charge in [-0.3, -0.25) is 47.9 Å². The van der Waals surface area contributed by atoms with Gasteiger partial charge < -0.3 is 65.0 Å². The van der Waals surface area contributed by atoms with Crippen molar-refractivity contribution in [3.63, 3.8) is 0 Å². The van der Waals surface area contributed by atoms with Crippen LogP contribution in [0.25, 0.3) is 11.4 Å². The van der Waals surface area contributed by atoms with E-state index in [2.05, 4.69) is 52.5 Å². The number of carbonyl (C=O) groups excluding carboxylic acids is 10. The Morgan fingerprint density at radius 1 is 0.576 bits per heavy atom. The first-order valence-corrected chi connectivity index (χ1v) is 19.6. The van der Waals surface area contributed by atoms with E-state index in [1.165, 1.54) is 60.9 Å². The molecule has 4 aromatic rings. The van der Waals surface area contributed by atoms with Gasteiger partial charge in [-0.15, -0.1) is 10.2 Å². The highest BCUT2D eigenvalue weighted by molar-refractivity contribution is 6.16. The number of nitrogens with zero attached hydrogens (tertiary/aromatic N) is 6. The van der Waals surface area contributed by atoms with Gasteiger partial charge in [0.05, 0.1) is 86.4 Å². The predicted molar refractivity (Wildman–Crippen MR) is 221 cm³/mol. The fourth-order valence-electron chi connectivity index (χ4n) is 6.11. The van der Waals surface area contributed by atoms with Crippen LogP contribution in [0, 0.1) is 0 Å². The van der Waals surface area contributed by atoms with Crippen molar-refractivity contribution in [1.29, 1.82) is 0 Å². The smallest absolute Gasteiger partial charge is 0.254 e. The zero-order chi connectivity index (χ0) is 48.2. The lowest BCUT2D eigenvalue weighted by Crippen LogP contribution is -2.61. The Hall–Kier alpha value is -8.02. The molecule has 28 heteroatoms. The lowest BCUT2D eigenvalue weighted by atomic mass is 10.0. The van der Waals surface area contributed by atoms with Crippen molar-refractivity contribution in [1.82, 2.24) is 61.9 Å². The Morgan fingerprint density at radius 2 is 0.939 bits per heavy atom. The summed E-state index contributed by atoms with van der Waals surface area (Å²) in [6.07, 6.45) is 2.46. The molecule has 16 N–H and O–H groups in total. The number of hydrogen-bond donors (Lipinski definition) is 12. The lowest BCUT2D eigenvalue weighted by Gasteiger charge is -2.23. The quantitative estimate of drug-likeness (QED) is 0.0657. The Bertz CT molecular complexity index is 2370. The summed E-state index contributed by atoms with van der Waals surface area (Å²) in [6, 6.07) is -0.889. The van der Waals surface area contributed by atoms with Gasteiger partial charge in [0, 0.05) is 0 Å². The number of rotatable bonds is 10. The number of amides is 6. The number of para-hydroxylation sites is 2. The minimum atomic E-state index is -2.21. The zero-order valence-electron chi connectivity index (χ0n) is 34.4. The average Bonchev–Trinajstić information content (AvgIpc) is 4.02. The maximum absolute atomic E-state index is 13.8. The third-order valence-electron chi connectivity index (χ3n) is 9.67. The van der Waals surface area contributed by atoms with Crippen LogP contribution in [-0.4, -0.2) is 161 Å². The van der Waals surface area contributed by atoms with Gasteiger partial charge >= 0.3 is 0 Å². The molecule has 348 valence electrons. The van der Waals surface area contributed by atoms with Crippen LogP contribution < -0.4 is 54.8 Å². The predicted octanol–water partition coefficient (Wildman–Crippen LogP) is -8.21. The molecule has 0 aliphatic carbocycles. The van der Waals surface area contributed by atoms with Gasteiger partial charge in [-0.05, 0) is 24.3 Å². The van der Waals surface area contributed by atoms with Crippen LogP contribution in [0.15, 0.2) is 60.9 Å². The van der Waals surface area contributed by atoms with E-state index in [0.717, 1.165) is 9.36 Å². The van der Waals surface area contributed by atoms with Crippen molar-refractivity contribution in [2.75, 3.05) is 26.3 Å². The summed E-state index contributed by atoms with van der Waals surface area (Å²) in [5, 5.41) is 48.5. The summed E-state index contributed by atoms with van der Waals surface area (Å²) >= 11 is 0. The fourth-order valence-corrected chi connectivity index (χ4v) is 6.11. The minimum absolute atomic E-state index is 0.000334. The van der Waals surface area contributed by atoms with Crippen LogP contribution in [-0.2, 0) is 51.4 Å². The second-order valence-electron chi connectivity index (χ2n) is 14.2. The third kappa shape index (κ3) is 11.4. The molecule has 0 spiro atoms. The number of aliphatic hydroxyl groups is 2. The SMILES string of the molecule is NCC(=O)[C@@H]1NC(=O)[C@H](C(=O)[C@@H](N)CO)NC(=O)c2ccccc2-n2cc(nn2)CNC(=O)[C@H](C(=O)CN)NC(=O)[C@H](C(=O)[C@@H](N)CO)NC(=O)c2ccccc2-n2cc(nn2)CNC1=O. The first kappa shape index (κ1) is 49.0. The number of aromatic nitrogens is 6. The van der Waals surface area contributed by atoms with Crippen LogP contribution in [0.3, 0.4) is 0 Å². The van der Waals surface area contributed by atoms with Crippen molar-refractivity contribution in [3.8, 4) is 11.4 Å². The first-order chi connectivity index (χ1) is 31.5. The van der Waals surface area contributed by atoms with E-state index in [1.54, 1.807) is 0 Å². The minimum Gasteiger partial charge on any atom is -0.394 e. The van der Waals surface area contributed by atoms with E-state index in [4.69, 9.17) is 22.9 Å². The lowest BCUT2D eigenvalue weighted by molar-refractivity contribution is -0.138. The van der Waals surface area contributed by atoms with Crippen molar-refractivity contribution in [2.45, 2.75) is 49.3 Å². The molecule has 0 radical (unpaired) electrons. The van der Waals surface area contributed by atoms with E-state index < -0.39 is 134 Å². The third-order valence-corrected chi connectivity index (χ3v) is 9.67. The summed E-state index contributed by atoms with van der Waals surface area (Å²) in [5.74, 6) is -11.8. The fraction of sp³-hybridized carbons (Fsp3) is 0.316. The molecule has 2 aromatic heterocycles. The molecule has 0 saturated carbocycles. The van der Waals surface area contributed by atoms with Crippen molar-refractivity contribution < 1.29 is 58.2 Å². The van der Waals surface area contributed by atoms with E-state index in [-0.39, 0.29) is 33.9 Å². The van der Waals surface area contributed by atoms with Gasteiger partial charge in [0.25, 0.3) is 35.4 Å². The van der Waals surface area contributed by atoms with Crippen molar-refractivity contribution in [3.05, 3.63) is 83.4 Å². The molecule has 66 heavy (non-hydrogen) atoms. The monoisotopic (exact) mass is 916 g/mol. The number of hydrogen-bond acceptors (Lipinski definition) is 20. The largest absolute Gasteiger partial charge is 0.394 e. The van der Waals surface area contributed by atoms with Gasteiger partial charge in [-0.1, -0.05) is 34.7 Å². The molecule has 0 saturated heterocycles. The van der Waals surface area contributed by atoms with Gasteiger partial charge in [0.15, 0.2) is 47.3 Å². The normalized spacial score (nSPS) is 19.9. The van der Waals surface area contributed by atoms with Crippen LogP contribution in [0.1, 0.15) is 32.1 Å². The summed E-state index contributed by atoms with van der Waals surface area (Å²) in [7, 11) is 0. The standard InChI is InChI=1S/C38H44N16O12/c39-9-25(57)27-35(63)44-12-18-14-54(52-50-18)24-8-4-2-6-20(24)34(62)48-30(32(60)22(42)16-56)38(66)46-28(26(58)10-40)36(64)43-11-17-13-53(51-49-17)23-7-3-1-5-19(23)33(61)47-29(37(65)45-27)31(59)21(41)15-55/h1-8,13-14,21-22,27-30,55-56H,9-12,15-16,39-42H2,(H,43,64)(H,44,63)(H,45,65)(H,46,66)(H,47,61)(H,48,62)/t21-,22-,27-,28-,29-,30-/m0/s1. The zero-order valence-corrected chi connectivity index (χ0v) is 34.4. The summed E-state index contributed by atoms with van der Waals surface area (Å²) in [5.41, 5.74) is 22.1. The average molecular weight is 917 g/mol. The molecule has 5 rings (SSSR count). The molecule has 3 heterocycles. The number of benzene rings is 2. The molecule has 2 aromatic carbocycles. The highest BCUT2D eigenvalue weighted by Crippen LogP contribution is 2.17. The van der Waals surface area contributed by atoms with E-state index in [9.17, 15) is 58.2 Å². The number of nitrogens with two attached hydrogens (primary N) is 4. The van der Waals surface area contributed by atoms with Gasteiger partial charge in [0.1, 0.15) is 11.4 Å². The van der Waals surface area contributed by atoms with Crippen LogP contribution >= 0.6 is 0 Å². The summed E-state index contributed by atoms with van der Waals surface area (Å²) < 4.78 is 2.12. The molecule has 6 amide bonds. The molecule has 1 aliphatic heterocycles. The number of Topliss-reactive ketones (excluding diaryl/α,β-unsaturated/α-hetero) is 4. The molecule has 1 aliphatic rings.